The average Bonchev–Trinajstić information content (AvgIpc) is 2.34. The van der Waals surface area contributed by atoms with Crippen LogP contribution in [0.4, 0.5) is 0 Å². The summed E-state index contributed by atoms with van der Waals surface area (Å²) in [4.78, 5) is 23.9. The highest BCUT2D eigenvalue weighted by molar-refractivity contribution is 5.78. The largest absolute Gasteiger partial charge is 0.480 e. The minimum atomic E-state index is -1.07. The maximum atomic E-state index is 11.4. The van der Waals surface area contributed by atoms with Crippen LogP contribution in [0.3, 0.4) is 0 Å². The number of nitrogens with one attached hydrogen (secondary N) is 1. The van der Waals surface area contributed by atoms with E-state index in [-0.39, 0.29) is 18.6 Å². The van der Waals surface area contributed by atoms with Gasteiger partial charge in [-0.25, -0.2) is 4.79 Å². The third kappa shape index (κ3) is 10.5. The van der Waals surface area contributed by atoms with Gasteiger partial charge in [0, 0.05) is 6.04 Å². The van der Waals surface area contributed by atoms with Crippen LogP contribution in [0.15, 0.2) is 0 Å². The Labute approximate surface area is 115 Å². The number of hydrogen-bond acceptors (Lipinski definition) is 4. The van der Waals surface area contributed by atoms with Gasteiger partial charge >= 0.3 is 5.97 Å². The van der Waals surface area contributed by atoms with Crippen molar-refractivity contribution < 1.29 is 19.4 Å². The predicted molar refractivity (Wildman–Crippen MR) is 73.1 cm³/mol. The van der Waals surface area contributed by atoms with Gasteiger partial charge in [-0.3, -0.25) is 4.79 Å². The van der Waals surface area contributed by atoms with E-state index in [0.717, 1.165) is 32.5 Å². The highest BCUT2D eigenvalue weighted by atomic mass is 16.5. The zero-order valence-electron chi connectivity index (χ0n) is 12.1. The lowest BCUT2D eigenvalue weighted by molar-refractivity contribution is -0.143. The van der Waals surface area contributed by atoms with Crippen molar-refractivity contribution in [2.75, 3.05) is 32.8 Å². The van der Waals surface area contributed by atoms with Gasteiger partial charge in [0.25, 0.3) is 0 Å². The standard InChI is InChI=1S/C13H26N2O4/c1-4-15(5-2)8-6-7-11(3)14-12(16)9-19-10-13(17)18/h11H,4-10H2,1-3H3,(H,14,16)(H,17,18). The van der Waals surface area contributed by atoms with Gasteiger partial charge in [-0.1, -0.05) is 13.8 Å². The summed E-state index contributed by atoms with van der Waals surface area (Å²) in [5.74, 6) is -1.34. The van der Waals surface area contributed by atoms with Gasteiger partial charge < -0.3 is 20.1 Å². The maximum Gasteiger partial charge on any atom is 0.329 e. The molecule has 0 fully saturated rings. The molecule has 0 bridgehead atoms. The Bertz CT molecular complexity index is 267. The summed E-state index contributed by atoms with van der Waals surface area (Å²) in [7, 11) is 0. The number of nitrogens with zero attached hydrogens (tertiary/aromatic N) is 1. The molecule has 19 heavy (non-hydrogen) atoms. The van der Waals surface area contributed by atoms with E-state index in [0.29, 0.717) is 0 Å². The zero-order chi connectivity index (χ0) is 14.7. The van der Waals surface area contributed by atoms with Crippen LogP contribution in [-0.2, 0) is 14.3 Å². The number of hydrogen-bond donors (Lipinski definition) is 2. The van der Waals surface area contributed by atoms with Crippen LogP contribution < -0.4 is 5.32 Å². The molecule has 1 atom stereocenters. The predicted octanol–water partition coefficient (Wildman–Crippen LogP) is 0.714. The molecule has 2 N–H and O–H groups in total. The van der Waals surface area contributed by atoms with Gasteiger partial charge in [-0.15, -0.1) is 0 Å². The lowest BCUT2D eigenvalue weighted by atomic mass is 10.1. The van der Waals surface area contributed by atoms with Crippen LogP contribution in [-0.4, -0.2) is 60.8 Å². The van der Waals surface area contributed by atoms with Gasteiger partial charge in [-0.2, -0.15) is 0 Å². The van der Waals surface area contributed by atoms with Crippen molar-refractivity contribution in [2.45, 2.75) is 39.7 Å². The topological polar surface area (TPSA) is 78.9 Å². The minimum absolute atomic E-state index is 0.0801. The number of aliphatic carboxylic acids is 1. The fourth-order valence-electron chi connectivity index (χ4n) is 1.78. The van der Waals surface area contributed by atoms with Crippen LogP contribution in [0, 0.1) is 0 Å². The van der Waals surface area contributed by atoms with E-state index < -0.39 is 12.6 Å². The Kier molecular flexibility index (Phi) is 10.1. The van der Waals surface area contributed by atoms with E-state index in [9.17, 15) is 9.59 Å². The molecule has 0 heterocycles. The average molecular weight is 274 g/mol. The van der Waals surface area contributed by atoms with Crippen molar-refractivity contribution in [3.8, 4) is 0 Å². The Morgan fingerprint density at radius 1 is 1.26 bits per heavy atom. The number of carbonyl (C=O) groups excluding carboxylic acids is 1. The third-order valence-corrected chi connectivity index (χ3v) is 2.87. The second-order valence-corrected chi connectivity index (χ2v) is 4.52. The molecule has 0 spiro atoms. The molecule has 0 aromatic carbocycles. The molecule has 0 saturated heterocycles. The van der Waals surface area contributed by atoms with Crippen molar-refractivity contribution in [1.29, 1.82) is 0 Å². The number of ether oxygens (including phenoxy) is 1. The molecule has 0 aromatic rings. The number of carbonyl (C=O) groups is 2. The lowest BCUT2D eigenvalue weighted by Crippen LogP contribution is -2.36. The van der Waals surface area contributed by atoms with E-state index >= 15 is 0 Å². The fraction of sp³-hybridized carbons (Fsp3) is 0.846. The summed E-state index contributed by atoms with van der Waals surface area (Å²) in [6, 6.07) is 0.0801. The Morgan fingerprint density at radius 3 is 2.42 bits per heavy atom. The molecule has 0 aliphatic heterocycles. The molecule has 0 rings (SSSR count). The first-order valence-electron chi connectivity index (χ1n) is 6.80. The molecule has 1 amide bonds. The smallest absolute Gasteiger partial charge is 0.329 e. The van der Waals surface area contributed by atoms with Gasteiger partial charge in [0.1, 0.15) is 13.2 Å². The SMILES string of the molecule is CCN(CC)CCCC(C)NC(=O)COCC(=O)O. The summed E-state index contributed by atoms with van der Waals surface area (Å²) in [5.41, 5.74) is 0. The van der Waals surface area contributed by atoms with Crippen LogP contribution in [0.2, 0.25) is 0 Å². The van der Waals surface area contributed by atoms with Crippen LogP contribution in [0.25, 0.3) is 0 Å². The molecule has 6 nitrogen and oxygen atoms in total. The van der Waals surface area contributed by atoms with E-state index in [1.165, 1.54) is 0 Å². The summed E-state index contributed by atoms with van der Waals surface area (Å²) >= 11 is 0. The summed E-state index contributed by atoms with van der Waals surface area (Å²) in [6.45, 7) is 8.68. The van der Waals surface area contributed by atoms with Crippen molar-refractivity contribution >= 4 is 11.9 Å². The van der Waals surface area contributed by atoms with E-state index in [4.69, 9.17) is 9.84 Å². The van der Waals surface area contributed by atoms with Gasteiger partial charge in [-0.05, 0) is 39.4 Å². The van der Waals surface area contributed by atoms with Crippen molar-refractivity contribution in [3.05, 3.63) is 0 Å². The number of rotatable bonds is 11. The monoisotopic (exact) mass is 274 g/mol. The first kappa shape index (κ1) is 17.9. The highest BCUT2D eigenvalue weighted by Crippen LogP contribution is 1.99. The summed E-state index contributed by atoms with van der Waals surface area (Å²) in [5, 5.41) is 11.1. The summed E-state index contributed by atoms with van der Waals surface area (Å²) < 4.78 is 4.72. The number of carboxylic acids is 1. The van der Waals surface area contributed by atoms with E-state index in [2.05, 4.69) is 24.1 Å². The molecule has 112 valence electrons. The van der Waals surface area contributed by atoms with Crippen LogP contribution in [0.5, 0.6) is 0 Å². The van der Waals surface area contributed by atoms with Crippen LogP contribution >= 0.6 is 0 Å². The maximum absolute atomic E-state index is 11.4. The Hall–Kier alpha value is -1.14. The Balaban J connectivity index is 3.64. The Morgan fingerprint density at radius 2 is 1.89 bits per heavy atom. The van der Waals surface area contributed by atoms with Gasteiger partial charge in [0.15, 0.2) is 0 Å². The molecular weight excluding hydrogens is 248 g/mol. The lowest BCUT2D eigenvalue weighted by Gasteiger charge is -2.19. The molecule has 0 radical (unpaired) electrons. The quantitative estimate of drug-likeness (QED) is 0.580. The van der Waals surface area contributed by atoms with Crippen molar-refractivity contribution in [1.82, 2.24) is 10.2 Å². The molecule has 1 unspecified atom stereocenters. The summed E-state index contributed by atoms with van der Waals surface area (Å²) in [6.07, 6.45) is 1.93. The van der Waals surface area contributed by atoms with E-state index in [1.54, 1.807) is 0 Å². The third-order valence-electron chi connectivity index (χ3n) is 2.87. The normalized spacial score (nSPS) is 12.4. The minimum Gasteiger partial charge on any atom is -0.480 e. The second-order valence-electron chi connectivity index (χ2n) is 4.52. The van der Waals surface area contributed by atoms with E-state index in [1.807, 2.05) is 6.92 Å². The molecule has 0 aliphatic carbocycles. The molecule has 0 aliphatic rings. The highest BCUT2D eigenvalue weighted by Gasteiger charge is 2.09. The number of carboxylic acid groups (broad SMARTS) is 1. The van der Waals surface area contributed by atoms with Crippen molar-refractivity contribution in [2.24, 2.45) is 0 Å². The van der Waals surface area contributed by atoms with Gasteiger partial charge in [0.2, 0.25) is 5.91 Å². The van der Waals surface area contributed by atoms with Gasteiger partial charge in [0.05, 0.1) is 0 Å². The van der Waals surface area contributed by atoms with Crippen molar-refractivity contribution in [3.63, 3.8) is 0 Å². The zero-order valence-corrected chi connectivity index (χ0v) is 12.1. The number of amides is 1. The second kappa shape index (κ2) is 10.8. The first-order chi connectivity index (χ1) is 8.99. The molecular formula is C13H26N2O4. The molecule has 6 heteroatoms. The molecule has 0 aromatic heterocycles. The fourth-order valence-corrected chi connectivity index (χ4v) is 1.78. The van der Waals surface area contributed by atoms with Crippen LogP contribution in [0.1, 0.15) is 33.6 Å². The first-order valence-corrected chi connectivity index (χ1v) is 6.80. The molecule has 0 saturated carbocycles.